The topological polar surface area (TPSA) is 71.3 Å². The van der Waals surface area contributed by atoms with Gasteiger partial charge in [-0.25, -0.2) is 4.79 Å². The van der Waals surface area contributed by atoms with Crippen LogP contribution in [0, 0.1) is 11.3 Å². The Morgan fingerprint density at radius 2 is 1.94 bits per heavy atom. The van der Waals surface area contributed by atoms with E-state index in [1.54, 1.807) is 0 Å². The molecule has 1 aliphatic rings. The molecule has 0 saturated heterocycles. The van der Waals surface area contributed by atoms with Gasteiger partial charge in [-0.15, -0.1) is 11.6 Å². The molecule has 31 heavy (non-hydrogen) atoms. The van der Waals surface area contributed by atoms with Crippen molar-refractivity contribution in [2.45, 2.75) is 39.0 Å². The third-order valence-electron chi connectivity index (χ3n) is 5.23. The van der Waals surface area contributed by atoms with Gasteiger partial charge in [0.05, 0.1) is 18.8 Å². The van der Waals surface area contributed by atoms with Crippen LogP contribution < -0.4 is 10.1 Å². The molecule has 5 nitrogen and oxygen atoms in total. The standard InChI is InChI=1S/C25H27ClN2O3/c1-3-13-31-25(29)28-18-8-6-17(7-9-18)24-20(4-2)22-15-19(30-14-5-12-26)10-11-21(22)23(24)16-27/h6-11,15,20H,3-5,12-14H2,1-2H3,(H,28,29). The molecule has 162 valence electrons. The van der Waals surface area contributed by atoms with Crippen molar-refractivity contribution in [2.75, 3.05) is 24.4 Å². The molecule has 1 N–H and O–H groups in total. The number of carbonyl (C=O) groups excluding carboxylic acids is 1. The highest BCUT2D eigenvalue weighted by Gasteiger charge is 2.31. The summed E-state index contributed by atoms with van der Waals surface area (Å²) in [7, 11) is 0. The number of benzene rings is 2. The summed E-state index contributed by atoms with van der Waals surface area (Å²) in [4.78, 5) is 11.8. The van der Waals surface area contributed by atoms with Gasteiger partial charge >= 0.3 is 6.09 Å². The summed E-state index contributed by atoms with van der Waals surface area (Å²) in [6.07, 6.45) is 1.96. The molecule has 0 spiro atoms. The molecular formula is C25H27ClN2O3. The average molecular weight is 439 g/mol. The third kappa shape index (κ3) is 5.21. The van der Waals surface area contributed by atoms with Gasteiger partial charge < -0.3 is 9.47 Å². The first kappa shape index (κ1) is 22.7. The zero-order valence-corrected chi connectivity index (χ0v) is 18.7. The largest absolute Gasteiger partial charge is 0.494 e. The molecule has 1 unspecified atom stereocenters. The molecule has 1 aliphatic carbocycles. The van der Waals surface area contributed by atoms with Crippen molar-refractivity contribution in [3.05, 3.63) is 59.2 Å². The van der Waals surface area contributed by atoms with Crippen molar-refractivity contribution >= 4 is 34.5 Å². The molecule has 1 amide bonds. The number of amides is 1. The summed E-state index contributed by atoms with van der Waals surface area (Å²) in [6, 6.07) is 15.9. The maximum Gasteiger partial charge on any atom is 0.411 e. The maximum atomic E-state index is 11.8. The normalized spacial score (nSPS) is 14.7. The van der Waals surface area contributed by atoms with Crippen LogP contribution in [0.1, 0.15) is 55.7 Å². The number of alkyl halides is 1. The number of hydrogen-bond acceptors (Lipinski definition) is 4. The Bertz CT molecular complexity index is 993. The van der Waals surface area contributed by atoms with E-state index in [1.807, 2.05) is 49.4 Å². The van der Waals surface area contributed by atoms with Crippen LogP contribution in [-0.4, -0.2) is 25.2 Å². The number of nitriles is 1. The molecule has 2 aromatic rings. The molecule has 1 atom stereocenters. The molecule has 0 aliphatic heterocycles. The first-order chi connectivity index (χ1) is 15.1. The fourth-order valence-electron chi connectivity index (χ4n) is 3.84. The van der Waals surface area contributed by atoms with E-state index in [2.05, 4.69) is 18.3 Å². The predicted octanol–water partition coefficient (Wildman–Crippen LogP) is 6.59. The second kappa shape index (κ2) is 10.9. The Labute approximate surface area is 188 Å². The minimum absolute atomic E-state index is 0.106. The SMILES string of the molecule is CCCOC(=O)Nc1ccc(C2=C(C#N)c3ccc(OCCCCl)cc3C2CC)cc1. The maximum absolute atomic E-state index is 11.8. The van der Waals surface area contributed by atoms with Gasteiger partial charge in [0.2, 0.25) is 0 Å². The van der Waals surface area contributed by atoms with Crippen molar-refractivity contribution in [3.63, 3.8) is 0 Å². The molecule has 6 heteroatoms. The van der Waals surface area contributed by atoms with Crippen molar-refractivity contribution in [1.82, 2.24) is 0 Å². The first-order valence-corrected chi connectivity index (χ1v) is 11.2. The van der Waals surface area contributed by atoms with Gasteiger partial charge in [0.1, 0.15) is 11.8 Å². The van der Waals surface area contributed by atoms with E-state index in [4.69, 9.17) is 21.1 Å². The van der Waals surface area contributed by atoms with Crippen LogP contribution >= 0.6 is 11.6 Å². The zero-order valence-electron chi connectivity index (χ0n) is 17.9. The summed E-state index contributed by atoms with van der Waals surface area (Å²) in [5, 5.41) is 12.7. The smallest absolute Gasteiger partial charge is 0.411 e. The number of carbonyl (C=O) groups is 1. The lowest BCUT2D eigenvalue weighted by Gasteiger charge is -2.16. The molecule has 0 fully saturated rings. The molecule has 0 bridgehead atoms. The highest BCUT2D eigenvalue weighted by Crippen LogP contribution is 2.49. The van der Waals surface area contributed by atoms with Gasteiger partial charge in [-0.3, -0.25) is 5.32 Å². The Kier molecular flexibility index (Phi) is 7.97. The zero-order chi connectivity index (χ0) is 22.2. The van der Waals surface area contributed by atoms with Crippen LogP contribution in [0.15, 0.2) is 42.5 Å². The van der Waals surface area contributed by atoms with Gasteiger partial charge in [0, 0.05) is 17.5 Å². The van der Waals surface area contributed by atoms with E-state index in [9.17, 15) is 10.1 Å². The van der Waals surface area contributed by atoms with Gasteiger partial charge in [0.15, 0.2) is 0 Å². The minimum atomic E-state index is -0.465. The number of allylic oxidation sites excluding steroid dienone is 2. The van der Waals surface area contributed by atoms with Gasteiger partial charge in [-0.2, -0.15) is 5.26 Å². The molecule has 0 heterocycles. The Balaban J connectivity index is 1.85. The highest BCUT2D eigenvalue weighted by molar-refractivity contribution is 6.17. The lowest BCUT2D eigenvalue weighted by Crippen LogP contribution is -2.13. The number of halogens is 1. The molecular weight excluding hydrogens is 412 g/mol. The number of fused-ring (bicyclic) bond motifs is 1. The van der Waals surface area contributed by atoms with E-state index in [1.165, 1.54) is 0 Å². The monoisotopic (exact) mass is 438 g/mol. The molecule has 0 aromatic heterocycles. The van der Waals surface area contributed by atoms with E-state index < -0.39 is 6.09 Å². The molecule has 0 radical (unpaired) electrons. The fourth-order valence-corrected chi connectivity index (χ4v) is 3.95. The summed E-state index contributed by atoms with van der Waals surface area (Å²) in [5.41, 5.74) is 5.40. The van der Waals surface area contributed by atoms with Gasteiger partial charge in [0.25, 0.3) is 0 Å². The Hall–Kier alpha value is -2.97. The molecule has 2 aromatic carbocycles. The number of hydrogen-bond donors (Lipinski definition) is 1. The van der Waals surface area contributed by atoms with Crippen molar-refractivity contribution < 1.29 is 14.3 Å². The Morgan fingerprint density at radius 1 is 1.16 bits per heavy atom. The van der Waals surface area contributed by atoms with Crippen LogP contribution in [0.2, 0.25) is 0 Å². The van der Waals surface area contributed by atoms with Crippen molar-refractivity contribution in [1.29, 1.82) is 5.26 Å². The van der Waals surface area contributed by atoms with E-state index in [0.29, 0.717) is 30.4 Å². The Morgan fingerprint density at radius 3 is 2.58 bits per heavy atom. The van der Waals surface area contributed by atoms with Crippen LogP contribution in [0.4, 0.5) is 10.5 Å². The fraction of sp³-hybridized carbons (Fsp3) is 0.360. The van der Waals surface area contributed by atoms with Gasteiger partial charge in [-0.1, -0.05) is 26.0 Å². The highest BCUT2D eigenvalue weighted by atomic mass is 35.5. The number of anilines is 1. The quantitative estimate of drug-likeness (QED) is 0.354. The molecule has 0 saturated carbocycles. The second-order valence-electron chi connectivity index (χ2n) is 7.34. The summed E-state index contributed by atoms with van der Waals surface area (Å²) in [5.74, 6) is 1.47. The van der Waals surface area contributed by atoms with Crippen molar-refractivity contribution in [2.24, 2.45) is 0 Å². The summed E-state index contributed by atoms with van der Waals surface area (Å²) < 4.78 is 10.9. The second-order valence-corrected chi connectivity index (χ2v) is 7.72. The minimum Gasteiger partial charge on any atom is -0.494 e. The van der Waals surface area contributed by atoms with Crippen LogP contribution in [0.3, 0.4) is 0 Å². The van der Waals surface area contributed by atoms with Crippen LogP contribution in [0.25, 0.3) is 11.1 Å². The number of nitrogens with zero attached hydrogens (tertiary/aromatic N) is 1. The number of nitrogens with one attached hydrogen (secondary N) is 1. The summed E-state index contributed by atoms with van der Waals surface area (Å²) >= 11 is 5.74. The van der Waals surface area contributed by atoms with E-state index >= 15 is 0 Å². The summed E-state index contributed by atoms with van der Waals surface area (Å²) in [6.45, 7) is 5.02. The lowest BCUT2D eigenvalue weighted by molar-refractivity contribution is 0.161. The average Bonchev–Trinajstić information content (AvgIpc) is 3.11. The first-order valence-electron chi connectivity index (χ1n) is 10.6. The molecule has 3 rings (SSSR count). The predicted molar refractivity (Wildman–Crippen MR) is 124 cm³/mol. The van der Waals surface area contributed by atoms with Gasteiger partial charge in [-0.05, 0) is 71.9 Å². The number of ether oxygens (including phenoxy) is 2. The third-order valence-corrected chi connectivity index (χ3v) is 5.50. The number of rotatable bonds is 9. The van der Waals surface area contributed by atoms with Crippen molar-refractivity contribution in [3.8, 4) is 11.8 Å². The lowest BCUT2D eigenvalue weighted by atomic mass is 9.88. The van der Waals surface area contributed by atoms with Crippen LogP contribution in [-0.2, 0) is 4.74 Å². The van der Waals surface area contributed by atoms with E-state index in [0.717, 1.165) is 47.3 Å². The van der Waals surface area contributed by atoms with Crippen LogP contribution in [0.5, 0.6) is 5.75 Å². The van der Waals surface area contributed by atoms with E-state index in [-0.39, 0.29) is 5.92 Å².